The Morgan fingerprint density at radius 2 is 0.750 bits per heavy atom. The summed E-state index contributed by atoms with van der Waals surface area (Å²) in [5.41, 5.74) is 0. The first-order chi connectivity index (χ1) is 15.6. The van der Waals surface area contributed by atoms with Crippen LogP contribution < -0.4 is 10.4 Å². The minimum atomic E-state index is -2.46. The largest absolute Gasteiger partial charge is 0.391 e. The molecule has 1 rings (SSSR count). The summed E-state index contributed by atoms with van der Waals surface area (Å²) in [5.74, 6) is 0. The Morgan fingerprint density at radius 1 is 0.469 bits per heavy atom. The van der Waals surface area contributed by atoms with Gasteiger partial charge in [-0.3, -0.25) is 0 Å². The molecule has 0 aliphatic carbocycles. The van der Waals surface area contributed by atoms with E-state index in [2.05, 4.69) is 65.8 Å². The molecule has 186 valence electrons. The summed E-state index contributed by atoms with van der Waals surface area (Å²) in [6.07, 6.45) is 8.62. The smallest absolute Gasteiger partial charge is 0.372 e. The molecule has 1 aromatic rings. The van der Waals surface area contributed by atoms with Crippen LogP contribution in [0.15, 0.2) is 24.3 Å². The van der Waals surface area contributed by atoms with Crippen molar-refractivity contribution >= 4 is 27.5 Å². The van der Waals surface area contributed by atoms with Crippen molar-refractivity contribution in [1.82, 2.24) is 0 Å². The minimum Gasteiger partial charge on any atom is -0.391 e. The number of rotatable bonds is 20. The van der Waals surface area contributed by atoms with Gasteiger partial charge in [0.05, 0.1) is 0 Å². The third-order valence-electron chi connectivity index (χ3n) is 5.64. The Hall–Kier alpha value is -0.506. The molecule has 0 fully saturated rings. The van der Waals surface area contributed by atoms with Crippen LogP contribution >= 0.6 is 0 Å². The average molecular weight is 483 g/mol. The summed E-state index contributed by atoms with van der Waals surface area (Å²) >= 11 is 0. The quantitative estimate of drug-likeness (QED) is 0.205. The van der Waals surface area contributed by atoms with Crippen LogP contribution in [0.1, 0.15) is 92.9 Å². The fourth-order valence-electron chi connectivity index (χ4n) is 3.86. The average Bonchev–Trinajstić information content (AvgIpc) is 2.84. The van der Waals surface area contributed by atoms with Gasteiger partial charge < -0.3 is 17.7 Å². The number of hydrogen-bond acceptors (Lipinski definition) is 4. The topological polar surface area (TPSA) is 36.9 Å². The van der Waals surface area contributed by atoms with Crippen LogP contribution in [0.2, 0.25) is 12.1 Å². The van der Waals surface area contributed by atoms with E-state index in [4.69, 9.17) is 17.7 Å². The summed E-state index contributed by atoms with van der Waals surface area (Å²) < 4.78 is 26.2. The van der Waals surface area contributed by atoms with Gasteiger partial charge >= 0.3 is 17.1 Å². The summed E-state index contributed by atoms with van der Waals surface area (Å²) in [5, 5.41) is 2.50. The van der Waals surface area contributed by atoms with Crippen LogP contribution in [0.5, 0.6) is 0 Å². The number of benzene rings is 1. The zero-order valence-electron chi connectivity index (χ0n) is 21.8. The second-order valence-electron chi connectivity index (χ2n) is 8.68. The van der Waals surface area contributed by atoms with Crippen molar-refractivity contribution in [2.45, 2.75) is 105 Å². The number of unbranched alkanes of at least 4 members (excludes halogenated alkanes) is 2. The van der Waals surface area contributed by atoms with Crippen LogP contribution in [-0.4, -0.2) is 43.5 Å². The van der Waals surface area contributed by atoms with Crippen molar-refractivity contribution in [3.8, 4) is 0 Å². The molecule has 0 aromatic heterocycles. The molecule has 1 aromatic carbocycles. The van der Waals surface area contributed by atoms with Crippen molar-refractivity contribution in [3.05, 3.63) is 24.3 Å². The van der Waals surface area contributed by atoms with Crippen LogP contribution in [-0.2, 0) is 17.7 Å². The first-order valence-electron chi connectivity index (χ1n) is 13.2. The lowest BCUT2D eigenvalue weighted by Crippen LogP contribution is -2.57. The predicted molar refractivity (Wildman–Crippen MR) is 142 cm³/mol. The summed E-state index contributed by atoms with van der Waals surface area (Å²) in [4.78, 5) is 0. The van der Waals surface area contributed by atoms with E-state index in [0.29, 0.717) is 0 Å². The number of hydrogen-bond donors (Lipinski definition) is 0. The Labute approximate surface area is 200 Å². The van der Waals surface area contributed by atoms with Crippen LogP contribution in [0.25, 0.3) is 0 Å². The Kier molecular flexibility index (Phi) is 15.7. The molecule has 0 aliphatic rings. The van der Waals surface area contributed by atoms with Crippen LogP contribution in [0, 0.1) is 0 Å². The lowest BCUT2D eigenvalue weighted by Gasteiger charge is -2.33. The third kappa shape index (κ3) is 9.03. The second kappa shape index (κ2) is 17.0. The molecular weight excluding hydrogens is 432 g/mol. The Morgan fingerprint density at radius 3 is 0.969 bits per heavy atom. The minimum absolute atomic E-state index is 0.760. The molecule has 0 heterocycles. The highest BCUT2D eigenvalue weighted by molar-refractivity contribution is 6.82. The van der Waals surface area contributed by atoms with Gasteiger partial charge in [-0.15, -0.1) is 0 Å². The first kappa shape index (κ1) is 29.5. The molecule has 0 radical (unpaired) electrons. The van der Waals surface area contributed by atoms with E-state index >= 15 is 0 Å². The first-order valence-corrected chi connectivity index (χ1v) is 17.3. The monoisotopic (exact) mass is 482 g/mol. The van der Waals surface area contributed by atoms with Crippen LogP contribution in [0.3, 0.4) is 0 Å². The molecule has 32 heavy (non-hydrogen) atoms. The van der Waals surface area contributed by atoms with Crippen molar-refractivity contribution in [2.75, 3.05) is 26.4 Å². The predicted octanol–water partition coefficient (Wildman–Crippen LogP) is 6.29. The normalized spacial score (nSPS) is 12.4. The van der Waals surface area contributed by atoms with Crippen LogP contribution in [0.4, 0.5) is 0 Å². The van der Waals surface area contributed by atoms with Crippen molar-refractivity contribution in [2.24, 2.45) is 0 Å². The lowest BCUT2D eigenvalue weighted by molar-refractivity contribution is 0.178. The maximum atomic E-state index is 6.55. The zero-order chi connectivity index (χ0) is 23.7. The van der Waals surface area contributed by atoms with Gasteiger partial charge in [0.15, 0.2) is 0 Å². The maximum Gasteiger partial charge on any atom is 0.372 e. The van der Waals surface area contributed by atoms with E-state index in [0.717, 1.165) is 89.9 Å². The van der Waals surface area contributed by atoms with E-state index in [9.17, 15) is 0 Å². The standard InChI is InChI=1S/C26H50O4Si2/c1-7-13-23-31(27-19-9-3,28-20-10-4)25-15-17-26(18-16-25)32(24-14-8-2,29-21-11-5)30-22-12-6/h15-18H,7-14,19-24H2,1-6H3. The molecule has 0 atom stereocenters. The Bertz CT molecular complexity index is 485. The molecule has 0 unspecified atom stereocenters. The van der Waals surface area contributed by atoms with E-state index in [-0.39, 0.29) is 0 Å². The molecular formula is C26H50O4Si2. The zero-order valence-corrected chi connectivity index (χ0v) is 23.8. The summed E-state index contributed by atoms with van der Waals surface area (Å²) in [6.45, 7) is 16.2. The van der Waals surface area contributed by atoms with Gasteiger partial charge in [-0.05, 0) is 48.1 Å². The molecule has 0 aliphatic heterocycles. The van der Waals surface area contributed by atoms with E-state index < -0.39 is 17.1 Å². The summed E-state index contributed by atoms with van der Waals surface area (Å²) in [6, 6.07) is 11.1. The fraction of sp³-hybridized carbons (Fsp3) is 0.769. The molecule has 4 nitrogen and oxygen atoms in total. The molecule has 0 saturated carbocycles. The molecule has 0 amide bonds. The summed E-state index contributed by atoms with van der Waals surface area (Å²) in [7, 11) is -4.92. The van der Waals surface area contributed by atoms with Gasteiger partial charge in [0.1, 0.15) is 0 Å². The lowest BCUT2D eigenvalue weighted by atomic mass is 10.4. The highest BCUT2D eigenvalue weighted by Gasteiger charge is 2.42. The van der Waals surface area contributed by atoms with Gasteiger partial charge in [-0.2, -0.15) is 0 Å². The van der Waals surface area contributed by atoms with E-state index in [1.165, 1.54) is 10.4 Å². The van der Waals surface area contributed by atoms with Crippen molar-refractivity contribution < 1.29 is 17.7 Å². The maximum absolute atomic E-state index is 6.55. The van der Waals surface area contributed by atoms with Gasteiger partial charge in [0.25, 0.3) is 0 Å². The molecule has 0 spiro atoms. The highest BCUT2D eigenvalue weighted by atomic mass is 28.4. The van der Waals surface area contributed by atoms with Gasteiger partial charge in [-0.25, -0.2) is 0 Å². The molecule has 6 heteroatoms. The third-order valence-corrected chi connectivity index (χ3v) is 12.8. The molecule has 0 N–H and O–H groups in total. The Balaban J connectivity index is 3.34. The molecule has 0 bridgehead atoms. The van der Waals surface area contributed by atoms with Crippen molar-refractivity contribution in [3.63, 3.8) is 0 Å². The van der Waals surface area contributed by atoms with Crippen molar-refractivity contribution in [1.29, 1.82) is 0 Å². The van der Waals surface area contributed by atoms with Gasteiger partial charge in [-0.1, -0.05) is 91.5 Å². The fourth-order valence-corrected chi connectivity index (χ4v) is 11.0. The van der Waals surface area contributed by atoms with E-state index in [1.807, 2.05) is 0 Å². The van der Waals surface area contributed by atoms with Gasteiger partial charge in [0.2, 0.25) is 0 Å². The second-order valence-corrected chi connectivity index (χ2v) is 15.0. The van der Waals surface area contributed by atoms with Gasteiger partial charge in [0, 0.05) is 26.4 Å². The molecule has 0 saturated heterocycles. The highest BCUT2D eigenvalue weighted by Crippen LogP contribution is 2.22. The van der Waals surface area contributed by atoms with E-state index in [1.54, 1.807) is 0 Å². The SMILES string of the molecule is CCCC[Si](OCCC)(OCCC)c1ccc([Si](CCCC)(OCCC)OCCC)cc1.